The fourth-order valence-electron chi connectivity index (χ4n) is 2.47. The van der Waals surface area contributed by atoms with Gasteiger partial charge in [-0.2, -0.15) is 5.10 Å². The summed E-state index contributed by atoms with van der Waals surface area (Å²) in [5, 5.41) is 16.1. The number of amides is 1. The summed E-state index contributed by atoms with van der Waals surface area (Å²) in [5.41, 5.74) is 3.04. The quantitative estimate of drug-likeness (QED) is 0.505. The lowest BCUT2D eigenvalue weighted by Gasteiger charge is -2.09. The maximum absolute atomic E-state index is 12.5. The topological polar surface area (TPSA) is 70.9 Å². The number of phenols is 1. The van der Waals surface area contributed by atoms with Crippen LogP contribution in [0.2, 0.25) is 10.0 Å². The summed E-state index contributed by atoms with van der Waals surface area (Å²) in [7, 11) is 1.50. The molecule has 132 valence electrons. The number of benzene rings is 3. The molecule has 0 heterocycles. The summed E-state index contributed by atoms with van der Waals surface area (Å²) >= 11 is 11.7. The van der Waals surface area contributed by atoms with Crippen LogP contribution in [0.15, 0.2) is 53.6 Å². The van der Waals surface area contributed by atoms with Crippen molar-refractivity contribution in [1.29, 1.82) is 0 Å². The fraction of sp³-hybridized carbons (Fsp3) is 0.0526. The normalized spacial score (nSPS) is 11.0. The lowest BCUT2D eigenvalue weighted by Crippen LogP contribution is -2.18. The first-order valence-electron chi connectivity index (χ1n) is 7.58. The first kappa shape index (κ1) is 18.0. The number of aromatic hydroxyl groups is 1. The van der Waals surface area contributed by atoms with Crippen LogP contribution >= 0.6 is 23.2 Å². The molecule has 5 nitrogen and oxygen atoms in total. The molecule has 0 aliphatic heterocycles. The number of nitrogens with zero attached hydrogens (tertiary/aromatic N) is 1. The van der Waals surface area contributed by atoms with Gasteiger partial charge in [0.15, 0.2) is 0 Å². The summed E-state index contributed by atoms with van der Waals surface area (Å²) < 4.78 is 5.30. The SMILES string of the molecule is COc1cc2ccccc2cc1C(=O)N/N=C/c1cc(Cl)cc(Cl)c1O. The highest BCUT2D eigenvalue weighted by Gasteiger charge is 2.13. The van der Waals surface area contributed by atoms with E-state index in [0.29, 0.717) is 16.3 Å². The number of ether oxygens (including phenoxy) is 1. The second-order valence-electron chi connectivity index (χ2n) is 5.42. The average molecular weight is 389 g/mol. The molecule has 0 saturated carbocycles. The van der Waals surface area contributed by atoms with Crippen molar-refractivity contribution in [1.82, 2.24) is 5.43 Å². The van der Waals surface area contributed by atoms with E-state index in [4.69, 9.17) is 27.9 Å². The van der Waals surface area contributed by atoms with E-state index in [2.05, 4.69) is 10.5 Å². The third-order valence-electron chi connectivity index (χ3n) is 3.74. The van der Waals surface area contributed by atoms with Crippen molar-refractivity contribution in [2.24, 2.45) is 5.10 Å². The Bertz CT molecular complexity index is 1020. The van der Waals surface area contributed by atoms with Crippen molar-refractivity contribution in [3.63, 3.8) is 0 Å². The minimum atomic E-state index is -0.448. The Kier molecular flexibility index (Phi) is 5.30. The van der Waals surface area contributed by atoms with Gasteiger partial charge in [0, 0.05) is 10.6 Å². The Morgan fingerprint density at radius 2 is 1.85 bits per heavy atom. The highest BCUT2D eigenvalue weighted by atomic mass is 35.5. The third-order valence-corrected chi connectivity index (χ3v) is 4.25. The molecule has 0 spiro atoms. The number of phenolic OH excluding ortho intramolecular Hbond substituents is 1. The van der Waals surface area contributed by atoms with Gasteiger partial charge in [0.2, 0.25) is 0 Å². The molecular formula is C19H14Cl2N2O3. The van der Waals surface area contributed by atoms with E-state index in [-0.39, 0.29) is 16.3 Å². The number of carbonyl (C=O) groups is 1. The molecule has 1 amide bonds. The highest BCUT2D eigenvalue weighted by Crippen LogP contribution is 2.30. The number of fused-ring (bicyclic) bond motifs is 1. The molecule has 3 rings (SSSR count). The lowest BCUT2D eigenvalue weighted by molar-refractivity contribution is 0.0952. The molecule has 0 atom stereocenters. The van der Waals surface area contributed by atoms with Gasteiger partial charge < -0.3 is 9.84 Å². The molecule has 0 bridgehead atoms. The van der Waals surface area contributed by atoms with Gasteiger partial charge in [-0.25, -0.2) is 5.43 Å². The smallest absolute Gasteiger partial charge is 0.275 e. The number of hydrogen-bond acceptors (Lipinski definition) is 4. The summed E-state index contributed by atoms with van der Waals surface area (Å²) in [5.74, 6) is -0.182. The van der Waals surface area contributed by atoms with Gasteiger partial charge in [-0.1, -0.05) is 47.5 Å². The molecule has 0 saturated heterocycles. The third kappa shape index (κ3) is 3.74. The number of halogens is 2. The van der Waals surface area contributed by atoms with Crippen molar-refractivity contribution in [3.05, 3.63) is 69.7 Å². The minimum Gasteiger partial charge on any atom is -0.506 e. The van der Waals surface area contributed by atoms with Crippen LogP contribution in [0, 0.1) is 0 Å². The molecule has 0 radical (unpaired) electrons. The van der Waals surface area contributed by atoms with E-state index in [9.17, 15) is 9.90 Å². The predicted octanol–water partition coefficient (Wildman–Crippen LogP) is 4.62. The molecule has 0 fully saturated rings. The molecule has 26 heavy (non-hydrogen) atoms. The molecule has 2 N–H and O–H groups in total. The lowest BCUT2D eigenvalue weighted by atomic mass is 10.1. The Hall–Kier alpha value is -2.76. The van der Waals surface area contributed by atoms with Crippen LogP contribution in [0.25, 0.3) is 10.8 Å². The van der Waals surface area contributed by atoms with Gasteiger partial charge in [0.1, 0.15) is 11.5 Å². The van der Waals surface area contributed by atoms with Crippen LogP contribution in [0.5, 0.6) is 11.5 Å². The number of hydrogen-bond donors (Lipinski definition) is 2. The van der Waals surface area contributed by atoms with E-state index in [1.807, 2.05) is 24.3 Å². The minimum absolute atomic E-state index is 0.0986. The summed E-state index contributed by atoms with van der Waals surface area (Å²) in [6.07, 6.45) is 1.26. The number of nitrogens with one attached hydrogen (secondary N) is 1. The van der Waals surface area contributed by atoms with E-state index in [0.717, 1.165) is 10.8 Å². The van der Waals surface area contributed by atoms with E-state index < -0.39 is 5.91 Å². The molecule has 0 aliphatic rings. The van der Waals surface area contributed by atoms with E-state index in [1.165, 1.54) is 25.5 Å². The first-order valence-corrected chi connectivity index (χ1v) is 8.33. The van der Waals surface area contributed by atoms with Gasteiger partial charge in [-0.15, -0.1) is 0 Å². The Labute approximate surface area is 159 Å². The first-order chi connectivity index (χ1) is 12.5. The van der Waals surface area contributed by atoms with Crippen molar-refractivity contribution in [2.45, 2.75) is 0 Å². The van der Waals surface area contributed by atoms with Gasteiger partial charge >= 0.3 is 0 Å². The van der Waals surface area contributed by atoms with Crippen molar-refractivity contribution in [2.75, 3.05) is 7.11 Å². The predicted molar refractivity (Wildman–Crippen MR) is 104 cm³/mol. The molecule has 0 aromatic heterocycles. The van der Waals surface area contributed by atoms with Crippen LogP contribution < -0.4 is 10.2 Å². The van der Waals surface area contributed by atoms with Gasteiger partial charge in [-0.05, 0) is 35.0 Å². The molecule has 3 aromatic carbocycles. The van der Waals surface area contributed by atoms with Crippen LogP contribution in [0.4, 0.5) is 0 Å². The van der Waals surface area contributed by atoms with Gasteiger partial charge in [0.25, 0.3) is 5.91 Å². The molecular weight excluding hydrogens is 375 g/mol. The summed E-state index contributed by atoms with van der Waals surface area (Å²) in [4.78, 5) is 12.5. The number of carbonyl (C=O) groups excluding carboxylic acids is 1. The summed E-state index contributed by atoms with van der Waals surface area (Å²) in [6, 6.07) is 14.0. The zero-order valence-corrected chi connectivity index (χ0v) is 15.2. The number of rotatable bonds is 4. The van der Waals surface area contributed by atoms with Crippen LogP contribution in [-0.4, -0.2) is 24.3 Å². The Morgan fingerprint density at radius 3 is 2.54 bits per heavy atom. The monoisotopic (exact) mass is 388 g/mol. The van der Waals surface area contributed by atoms with Crippen molar-refractivity contribution < 1.29 is 14.6 Å². The maximum atomic E-state index is 12.5. The molecule has 7 heteroatoms. The van der Waals surface area contributed by atoms with Crippen molar-refractivity contribution >= 4 is 46.1 Å². The second-order valence-corrected chi connectivity index (χ2v) is 6.27. The van der Waals surface area contributed by atoms with E-state index >= 15 is 0 Å². The van der Waals surface area contributed by atoms with Crippen LogP contribution in [0.1, 0.15) is 15.9 Å². The molecule has 3 aromatic rings. The van der Waals surface area contributed by atoms with Gasteiger partial charge in [0.05, 0.1) is 23.9 Å². The van der Waals surface area contributed by atoms with E-state index in [1.54, 1.807) is 12.1 Å². The summed E-state index contributed by atoms with van der Waals surface area (Å²) in [6.45, 7) is 0. The van der Waals surface area contributed by atoms with Gasteiger partial charge in [-0.3, -0.25) is 4.79 Å². The second kappa shape index (κ2) is 7.64. The molecule has 0 unspecified atom stereocenters. The van der Waals surface area contributed by atoms with Crippen LogP contribution in [0.3, 0.4) is 0 Å². The van der Waals surface area contributed by atoms with Crippen molar-refractivity contribution in [3.8, 4) is 11.5 Å². The van der Waals surface area contributed by atoms with Crippen LogP contribution in [-0.2, 0) is 0 Å². The Morgan fingerprint density at radius 1 is 1.15 bits per heavy atom. The fourth-order valence-corrected chi connectivity index (χ4v) is 2.98. The average Bonchev–Trinajstić information content (AvgIpc) is 2.64. The maximum Gasteiger partial charge on any atom is 0.275 e. The zero-order chi connectivity index (χ0) is 18.7. The highest BCUT2D eigenvalue weighted by molar-refractivity contribution is 6.36. The Balaban J connectivity index is 1.85. The number of methoxy groups -OCH3 is 1. The largest absolute Gasteiger partial charge is 0.506 e. The molecule has 0 aliphatic carbocycles. The standard InChI is InChI=1S/C19H14Cl2N2O3/c1-26-17-8-12-5-3-2-4-11(12)7-15(17)19(25)23-22-10-13-6-14(20)9-16(21)18(13)24/h2-10,24H,1H3,(H,23,25)/b22-10+. The number of hydrazone groups is 1. The zero-order valence-electron chi connectivity index (χ0n) is 13.7.